The largest absolute Gasteiger partial charge is 0.396 e. The van der Waals surface area contributed by atoms with Crippen LogP contribution in [-0.4, -0.2) is 24.9 Å². The number of ether oxygens (including phenoxy) is 1. The van der Waals surface area contributed by atoms with Gasteiger partial charge in [0.25, 0.3) is 0 Å². The molecular weight excluding hydrogens is 128 g/mol. The monoisotopic (exact) mass is 140 g/mol. The van der Waals surface area contributed by atoms with Crippen LogP contribution in [0.1, 0.15) is 0 Å². The van der Waals surface area contributed by atoms with E-state index in [4.69, 9.17) is 9.84 Å². The molecule has 2 unspecified atom stereocenters. The molecule has 0 fully saturated rings. The molecule has 0 saturated carbocycles. The van der Waals surface area contributed by atoms with E-state index in [1.807, 2.05) is 24.3 Å². The maximum atomic E-state index is 8.83. The number of methoxy groups -OCH3 is 1. The van der Waals surface area contributed by atoms with E-state index in [0.29, 0.717) is 0 Å². The summed E-state index contributed by atoms with van der Waals surface area (Å²) in [4.78, 5) is 0. The van der Waals surface area contributed by atoms with E-state index in [9.17, 15) is 0 Å². The maximum absolute atomic E-state index is 8.83. The topological polar surface area (TPSA) is 29.5 Å². The quantitative estimate of drug-likeness (QED) is 0.613. The zero-order valence-electron chi connectivity index (χ0n) is 6.03. The maximum Gasteiger partial charge on any atom is 0.0839 e. The first-order chi connectivity index (χ1) is 4.88. The summed E-state index contributed by atoms with van der Waals surface area (Å²) in [6, 6.07) is 0. The van der Waals surface area contributed by atoms with Crippen LogP contribution in [0.3, 0.4) is 0 Å². The molecular formula is C8H12O2. The average Bonchev–Trinajstić information content (AvgIpc) is 2.04. The lowest BCUT2D eigenvalue weighted by atomic mass is 9.99. The summed E-state index contributed by atoms with van der Waals surface area (Å²) >= 11 is 0. The summed E-state index contributed by atoms with van der Waals surface area (Å²) in [5.41, 5.74) is 0. The molecule has 1 rings (SSSR count). The van der Waals surface area contributed by atoms with Crippen molar-refractivity contribution in [1.82, 2.24) is 0 Å². The van der Waals surface area contributed by atoms with Gasteiger partial charge in [-0.1, -0.05) is 24.3 Å². The Morgan fingerprint density at radius 3 is 2.60 bits per heavy atom. The van der Waals surface area contributed by atoms with Crippen molar-refractivity contribution in [2.45, 2.75) is 6.10 Å². The number of rotatable bonds is 2. The van der Waals surface area contributed by atoms with Crippen LogP contribution in [0.2, 0.25) is 0 Å². The van der Waals surface area contributed by atoms with E-state index in [1.165, 1.54) is 0 Å². The third kappa shape index (κ3) is 1.46. The number of aliphatic hydroxyl groups is 1. The molecule has 0 amide bonds. The van der Waals surface area contributed by atoms with Gasteiger partial charge in [0.15, 0.2) is 0 Å². The molecule has 0 aromatic rings. The third-order valence-electron chi connectivity index (χ3n) is 1.68. The molecule has 0 saturated heterocycles. The van der Waals surface area contributed by atoms with Crippen LogP contribution < -0.4 is 0 Å². The lowest BCUT2D eigenvalue weighted by molar-refractivity contribution is 0.0775. The molecule has 0 spiro atoms. The zero-order valence-corrected chi connectivity index (χ0v) is 6.03. The fourth-order valence-corrected chi connectivity index (χ4v) is 1.05. The first-order valence-electron chi connectivity index (χ1n) is 3.37. The SMILES string of the molecule is COC1C=CC=CC1CO. The summed E-state index contributed by atoms with van der Waals surface area (Å²) < 4.78 is 5.10. The molecule has 2 heteroatoms. The molecule has 2 nitrogen and oxygen atoms in total. The van der Waals surface area contributed by atoms with Gasteiger partial charge in [-0.25, -0.2) is 0 Å². The van der Waals surface area contributed by atoms with Crippen LogP contribution in [-0.2, 0) is 4.74 Å². The Bertz CT molecular complexity index is 131. The van der Waals surface area contributed by atoms with E-state index in [0.717, 1.165) is 0 Å². The zero-order chi connectivity index (χ0) is 7.40. The molecule has 0 aromatic heterocycles. The second kappa shape index (κ2) is 3.54. The van der Waals surface area contributed by atoms with Crippen LogP contribution >= 0.6 is 0 Å². The predicted octanol–water partition coefficient (Wildman–Crippen LogP) is 0.736. The molecule has 0 aromatic carbocycles. The van der Waals surface area contributed by atoms with E-state index >= 15 is 0 Å². The van der Waals surface area contributed by atoms with Gasteiger partial charge in [-0.15, -0.1) is 0 Å². The Labute approximate surface area is 60.8 Å². The molecule has 0 heterocycles. The van der Waals surface area contributed by atoms with Gasteiger partial charge in [0.2, 0.25) is 0 Å². The molecule has 56 valence electrons. The van der Waals surface area contributed by atoms with Gasteiger partial charge >= 0.3 is 0 Å². The van der Waals surface area contributed by atoms with Crippen LogP contribution in [0.25, 0.3) is 0 Å². The second-order valence-electron chi connectivity index (χ2n) is 2.32. The highest BCUT2D eigenvalue weighted by molar-refractivity contribution is 5.15. The van der Waals surface area contributed by atoms with Crippen molar-refractivity contribution in [3.05, 3.63) is 24.3 Å². The smallest absolute Gasteiger partial charge is 0.0839 e. The first-order valence-corrected chi connectivity index (χ1v) is 3.37. The van der Waals surface area contributed by atoms with Crippen LogP contribution in [0.4, 0.5) is 0 Å². The summed E-state index contributed by atoms with van der Waals surface area (Å²) in [7, 11) is 1.65. The Morgan fingerprint density at radius 1 is 1.40 bits per heavy atom. The molecule has 1 aliphatic carbocycles. The van der Waals surface area contributed by atoms with Crippen molar-refractivity contribution in [2.75, 3.05) is 13.7 Å². The number of allylic oxidation sites excluding steroid dienone is 2. The van der Waals surface area contributed by atoms with E-state index in [1.54, 1.807) is 7.11 Å². The molecule has 1 aliphatic rings. The molecule has 1 N–H and O–H groups in total. The van der Waals surface area contributed by atoms with Gasteiger partial charge in [0, 0.05) is 13.0 Å². The minimum atomic E-state index is 0.0509. The highest BCUT2D eigenvalue weighted by Gasteiger charge is 2.15. The van der Waals surface area contributed by atoms with Gasteiger partial charge in [0.05, 0.1) is 12.7 Å². The van der Waals surface area contributed by atoms with Gasteiger partial charge in [-0.3, -0.25) is 0 Å². The standard InChI is InChI=1S/C8H12O2/c1-10-8-5-3-2-4-7(8)6-9/h2-5,7-9H,6H2,1H3. The van der Waals surface area contributed by atoms with Crippen molar-refractivity contribution in [1.29, 1.82) is 0 Å². The van der Waals surface area contributed by atoms with Crippen molar-refractivity contribution < 1.29 is 9.84 Å². The minimum Gasteiger partial charge on any atom is -0.396 e. The molecule has 10 heavy (non-hydrogen) atoms. The Hall–Kier alpha value is -0.600. The van der Waals surface area contributed by atoms with Crippen molar-refractivity contribution >= 4 is 0 Å². The third-order valence-corrected chi connectivity index (χ3v) is 1.68. The normalized spacial score (nSPS) is 31.0. The van der Waals surface area contributed by atoms with E-state index < -0.39 is 0 Å². The first kappa shape index (κ1) is 7.51. The van der Waals surface area contributed by atoms with Gasteiger partial charge < -0.3 is 9.84 Å². The summed E-state index contributed by atoms with van der Waals surface area (Å²) in [5.74, 6) is 0.134. The van der Waals surface area contributed by atoms with Crippen molar-refractivity contribution in [2.24, 2.45) is 5.92 Å². The number of hydrogen-bond acceptors (Lipinski definition) is 2. The van der Waals surface area contributed by atoms with Gasteiger partial charge in [-0.2, -0.15) is 0 Å². The lowest BCUT2D eigenvalue weighted by Gasteiger charge is -2.19. The summed E-state index contributed by atoms with van der Waals surface area (Å²) in [6.45, 7) is 0.152. The van der Waals surface area contributed by atoms with E-state index in [-0.39, 0.29) is 18.6 Å². The number of hydrogen-bond donors (Lipinski definition) is 1. The molecule has 0 bridgehead atoms. The number of aliphatic hydroxyl groups excluding tert-OH is 1. The van der Waals surface area contributed by atoms with Crippen molar-refractivity contribution in [3.63, 3.8) is 0 Å². The summed E-state index contributed by atoms with van der Waals surface area (Å²) in [5, 5.41) is 8.83. The fourth-order valence-electron chi connectivity index (χ4n) is 1.05. The van der Waals surface area contributed by atoms with Gasteiger partial charge in [0.1, 0.15) is 0 Å². The molecule has 2 atom stereocenters. The predicted molar refractivity (Wildman–Crippen MR) is 39.7 cm³/mol. The average molecular weight is 140 g/mol. The second-order valence-corrected chi connectivity index (χ2v) is 2.32. The highest BCUT2D eigenvalue weighted by Crippen LogP contribution is 2.13. The summed E-state index contributed by atoms with van der Waals surface area (Å²) in [6.07, 6.45) is 7.81. The Kier molecular flexibility index (Phi) is 2.66. The Morgan fingerprint density at radius 2 is 2.10 bits per heavy atom. The highest BCUT2D eigenvalue weighted by atomic mass is 16.5. The van der Waals surface area contributed by atoms with Crippen molar-refractivity contribution in [3.8, 4) is 0 Å². The van der Waals surface area contributed by atoms with Crippen LogP contribution in [0.15, 0.2) is 24.3 Å². The molecule has 0 radical (unpaired) electrons. The molecule has 0 aliphatic heterocycles. The Balaban J connectivity index is 2.55. The van der Waals surface area contributed by atoms with E-state index in [2.05, 4.69) is 0 Å². The van der Waals surface area contributed by atoms with Crippen LogP contribution in [0.5, 0.6) is 0 Å². The fraction of sp³-hybridized carbons (Fsp3) is 0.500. The van der Waals surface area contributed by atoms with Gasteiger partial charge in [-0.05, 0) is 0 Å². The minimum absolute atomic E-state index is 0.0509. The van der Waals surface area contributed by atoms with Crippen LogP contribution in [0, 0.1) is 5.92 Å². The lowest BCUT2D eigenvalue weighted by Crippen LogP contribution is -2.23.